The second kappa shape index (κ2) is 8.82. The van der Waals surface area contributed by atoms with Crippen LogP contribution in [0.1, 0.15) is 46.9 Å². The Morgan fingerprint density at radius 2 is 1.93 bits per heavy atom. The third kappa shape index (κ3) is 4.58. The van der Waals surface area contributed by atoms with E-state index < -0.39 is 0 Å². The van der Waals surface area contributed by atoms with Gasteiger partial charge in [-0.15, -0.1) is 0 Å². The van der Waals surface area contributed by atoms with Crippen LogP contribution >= 0.6 is 0 Å². The maximum absolute atomic E-state index is 12.3. The first-order valence-electron chi connectivity index (χ1n) is 10.2. The first kappa shape index (κ1) is 19.1. The van der Waals surface area contributed by atoms with Gasteiger partial charge in [0.05, 0.1) is 17.9 Å². The number of nitrogens with zero attached hydrogens (tertiary/aromatic N) is 2. The summed E-state index contributed by atoms with van der Waals surface area (Å²) in [6.07, 6.45) is 5.43. The number of hydrazine groups is 1. The molecule has 148 valence electrons. The van der Waals surface area contributed by atoms with Crippen LogP contribution in [0.4, 0.5) is 0 Å². The second-order valence-electron chi connectivity index (χ2n) is 7.90. The maximum atomic E-state index is 12.3. The summed E-state index contributed by atoms with van der Waals surface area (Å²) in [7, 11) is 0. The van der Waals surface area contributed by atoms with E-state index in [9.17, 15) is 4.79 Å². The number of hydrogen-bond donors (Lipinski definition) is 3. The molecule has 2 atom stereocenters. The number of aromatic nitrogens is 1. The van der Waals surface area contributed by atoms with Crippen LogP contribution in [0.5, 0.6) is 0 Å². The van der Waals surface area contributed by atoms with E-state index in [1.807, 2.05) is 49.5 Å². The van der Waals surface area contributed by atoms with Crippen LogP contribution in [0.15, 0.2) is 48.7 Å². The number of hydrogen-bond acceptors (Lipinski definition) is 5. The van der Waals surface area contributed by atoms with Crippen molar-refractivity contribution in [1.29, 1.82) is 0 Å². The van der Waals surface area contributed by atoms with Crippen LogP contribution in [-0.2, 0) is 0 Å². The van der Waals surface area contributed by atoms with E-state index in [-0.39, 0.29) is 11.9 Å². The van der Waals surface area contributed by atoms with Crippen LogP contribution in [0.25, 0.3) is 0 Å². The quantitative estimate of drug-likeness (QED) is 0.744. The van der Waals surface area contributed by atoms with Gasteiger partial charge in [-0.05, 0) is 69.5 Å². The maximum Gasteiger partial charge on any atom is 0.251 e. The monoisotopic (exact) mass is 379 g/mol. The molecule has 0 saturated carbocycles. The topological polar surface area (TPSA) is 69.3 Å². The molecule has 0 radical (unpaired) electrons. The number of nitrogens with one attached hydrogen (secondary N) is 3. The van der Waals surface area contributed by atoms with Crippen molar-refractivity contribution in [2.45, 2.75) is 38.4 Å². The largest absolute Gasteiger partial charge is 0.352 e. The van der Waals surface area contributed by atoms with Gasteiger partial charge >= 0.3 is 0 Å². The predicted octanol–water partition coefficient (Wildman–Crippen LogP) is 2.40. The van der Waals surface area contributed by atoms with Gasteiger partial charge in [-0.1, -0.05) is 23.8 Å². The highest BCUT2D eigenvalue weighted by Crippen LogP contribution is 2.25. The Labute approximate surface area is 166 Å². The summed E-state index contributed by atoms with van der Waals surface area (Å²) in [6, 6.07) is 14.1. The number of piperidine rings is 1. The molecule has 6 heteroatoms. The fourth-order valence-corrected chi connectivity index (χ4v) is 4.07. The van der Waals surface area contributed by atoms with Crippen molar-refractivity contribution in [3.8, 4) is 0 Å². The first-order valence-corrected chi connectivity index (χ1v) is 10.2. The standard InChI is InChI=1S/C22H29N5O/c1-16-5-7-18(8-6-16)22(28)24-15-17-9-12-27(13-10-17)21-14-20(25-26-21)19-4-2-3-11-23-19/h2-8,11,17,20-21,25-26H,9-10,12-15H2,1H3,(H,24,28). The first-order chi connectivity index (χ1) is 13.7. The lowest BCUT2D eigenvalue weighted by Crippen LogP contribution is -2.49. The molecule has 2 aliphatic heterocycles. The molecule has 1 aromatic heterocycles. The van der Waals surface area contributed by atoms with E-state index >= 15 is 0 Å². The molecule has 3 N–H and O–H groups in total. The molecule has 2 aromatic rings. The van der Waals surface area contributed by atoms with E-state index in [0.29, 0.717) is 12.1 Å². The van der Waals surface area contributed by atoms with Crippen molar-refractivity contribution < 1.29 is 4.79 Å². The minimum absolute atomic E-state index is 0.0299. The molecule has 28 heavy (non-hydrogen) atoms. The van der Waals surface area contributed by atoms with Gasteiger partial charge in [-0.25, -0.2) is 10.9 Å². The third-order valence-corrected chi connectivity index (χ3v) is 5.88. The van der Waals surface area contributed by atoms with Crippen molar-refractivity contribution in [3.05, 3.63) is 65.5 Å². The van der Waals surface area contributed by atoms with Gasteiger partial charge in [0.15, 0.2) is 0 Å². The zero-order valence-corrected chi connectivity index (χ0v) is 16.4. The number of rotatable bonds is 5. The van der Waals surface area contributed by atoms with Gasteiger partial charge in [-0.3, -0.25) is 14.7 Å². The Morgan fingerprint density at radius 1 is 1.14 bits per heavy atom. The summed E-state index contributed by atoms with van der Waals surface area (Å²) in [5.41, 5.74) is 9.81. The molecule has 2 fully saturated rings. The van der Waals surface area contributed by atoms with Crippen LogP contribution in [0.2, 0.25) is 0 Å². The molecule has 1 aromatic carbocycles. The molecule has 0 aliphatic carbocycles. The van der Waals surface area contributed by atoms with E-state index in [1.54, 1.807) is 0 Å². The predicted molar refractivity (Wildman–Crippen MR) is 109 cm³/mol. The Balaban J connectivity index is 1.21. The lowest BCUT2D eigenvalue weighted by Gasteiger charge is -2.35. The average Bonchev–Trinajstić information content (AvgIpc) is 3.24. The van der Waals surface area contributed by atoms with Crippen LogP contribution < -0.4 is 16.2 Å². The van der Waals surface area contributed by atoms with Crippen molar-refractivity contribution >= 4 is 5.91 Å². The minimum Gasteiger partial charge on any atom is -0.352 e. The highest BCUT2D eigenvalue weighted by atomic mass is 16.1. The Kier molecular flexibility index (Phi) is 6.00. The minimum atomic E-state index is 0.0299. The van der Waals surface area contributed by atoms with Crippen molar-refractivity contribution in [2.75, 3.05) is 19.6 Å². The van der Waals surface area contributed by atoms with Crippen LogP contribution in [-0.4, -0.2) is 41.6 Å². The fourth-order valence-electron chi connectivity index (χ4n) is 4.07. The SMILES string of the molecule is Cc1ccc(C(=O)NCC2CCN(C3CC(c4ccccn4)NN3)CC2)cc1. The molecule has 0 bridgehead atoms. The number of amides is 1. The Hall–Kier alpha value is -2.28. The number of benzene rings is 1. The Morgan fingerprint density at radius 3 is 2.64 bits per heavy atom. The summed E-state index contributed by atoms with van der Waals surface area (Å²) >= 11 is 0. The molecular formula is C22H29N5O. The zero-order chi connectivity index (χ0) is 19.3. The molecule has 6 nitrogen and oxygen atoms in total. The van der Waals surface area contributed by atoms with E-state index in [2.05, 4.69) is 32.1 Å². The van der Waals surface area contributed by atoms with Gasteiger partial charge in [0.1, 0.15) is 0 Å². The van der Waals surface area contributed by atoms with Crippen LogP contribution in [0, 0.1) is 12.8 Å². The van der Waals surface area contributed by atoms with Crippen molar-refractivity contribution in [1.82, 2.24) is 26.1 Å². The molecule has 1 amide bonds. The summed E-state index contributed by atoms with van der Waals surface area (Å²) in [5.74, 6) is 0.578. The molecule has 2 saturated heterocycles. The summed E-state index contributed by atoms with van der Waals surface area (Å²) in [6.45, 7) is 4.90. The summed E-state index contributed by atoms with van der Waals surface area (Å²) < 4.78 is 0. The van der Waals surface area contributed by atoms with E-state index in [4.69, 9.17) is 0 Å². The van der Waals surface area contributed by atoms with E-state index in [0.717, 1.165) is 50.2 Å². The molecule has 3 heterocycles. The van der Waals surface area contributed by atoms with Crippen molar-refractivity contribution in [2.24, 2.45) is 5.92 Å². The molecule has 0 spiro atoms. The normalized spacial score (nSPS) is 23.6. The molecule has 2 unspecified atom stereocenters. The van der Waals surface area contributed by atoms with Crippen LogP contribution in [0.3, 0.4) is 0 Å². The fraction of sp³-hybridized carbons (Fsp3) is 0.455. The Bertz CT molecular complexity index is 771. The molecule has 4 rings (SSSR count). The molecular weight excluding hydrogens is 350 g/mol. The van der Waals surface area contributed by atoms with Gasteiger partial charge in [0, 0.05) is 18.3 Å². The number of likely N-dealkylation sites (tertiary alicyclic amines) is 1. The number of carbonyl (C=O) groups excluding carboxylic acids is 1. The second-order valence-corrected chi connectivity index (χ2v) is 7.90. The number of carbonyl (C=O) groups is 1. The summed E-state index contributed by atoms with van der Waals surface area (Å²) in [4.78, 5) is 19.3. The highest BCUT2D eigenvalue weighted by Gasteiger charge is 2.32. The smallest absolute Gasteiger partial charge is 0.251 e. The lowest BCUT2D eigenvalue weighted by atomic mass is 9.95. The summed E-state index contributed by atoms with van der Waals surface area (Å²) in [5, 5.41) is 3.11. The lowest BCUT2D eigenvalue weighted by molar-refractivity contribution is 0.0914. The number of pyridine rings is 1. The molecule has 2 aliphatic rings. The average molecular weight is 380 g/mol. The number of aryl methyl sites for hydroxylation is 1. The third-order valence-electron chi connectivity index (χ3n) is 5.88. The van der Waals surface area contributed by atoms with Gasteiger partial charge in [0.25, 0.3) is 5.91 Å². The van der Waals surface area contributed by atoms with Gasteiger partial charge in [0.2, 0.25) is 0 Å². The highest BCUT2D eigenvalue weighted by molar-refractivity contribution is 5.94. The van der Waals surface area contributed by atoms with Gasteiger partial charge < -0.3 is 5.32 Å². The van der Waals surface area contributed by atoms with Crippen molar-refractivity contribution in [3.63, 3.8) is 0 Å². The zero-order valence-electron chi connectivity index (χ0n) is 16.4. The van der Waals surface area contributed by atoms with E-state index in [1.165, 1.54) is 5.56 Å². The van der Waals surface area contributed by atoms with Gasteiger partial charge in [-0.2, -0.15) is 0 Å².